The van der Waals surface area contributed by atoms with E-state index < -0.39 is 0 Å². The first-order valence-electron chi connectivity index (χ1n) is 3.87. The van der Waals surface area contributed by atoms with Crippen LogP contribution < -0.4 is 5.32 Å². The summed E-state index contributed by atoms with van der Waals surface area (Å²) in [6.45, 7) is 1.49. The Hall–Kier alpha value is -1.09. The summed E-state index contributed by atoms with van der Waals surface area (Å²) in [6, 6.07) is 7.61. The molecule has 1 N–H and O–H groups in total. The number of carbonyl (C=O) groups excluding carboxylic acids is 1. The van der Waals surface area contributed by atoms with E-state index in [0.29, 0.717) is 0 Å². The fourth-order valence-electron chi connectivity index (χ4n) is 1.01. The molecule has 13 heavy (non-hydrogen) atoms. The summed E-state index contributed by atoms with van der Waals surface area (Å²) in [5, 5.41) is 2.75. The zero-order valence-electron chi connectivity index (χ0n) is 7.25. The van der Waals surface area contributed by atoms with E-state index >= 15 is 0 Å². The second kappa shape index (κ2) is 4.82. The second-order valence-corrected chi connectivity index (χ2v) is 3.09. The first-order valence-corrected chi connectivity index (χ1v) is 4.79. The van der Waals surface area contributed by atoms with E-state index in [1.807, 2.05) is 30.3 Å². The minimum absolute atomic E-state index is 0.0598. The van der Waals surface area contributed by atoms with E-state index in [1.165, 1.54) is 6.92 Å². The van der Waals surface area contributed by atoms with E-state index in [2.05, 4.69) is 21.2 Å². The van der Waals surface area contributed by atoms with Crippen LogP contribution in [0.3, 0.4) is 0 Å². The number of halogens is 1. The number of rotatable bonds is 2. The van der Waals surface area contributed by atoms with Crippen molar-refractivity contribution in [1.29, 1.82) is 0 Å². The van der Waals surface area contributed by atoms with Crippen molar-refractivity contribution >= 4 is 33.6 Å². The van der Waals surface area contributed by atoms with Crippen molar-refractivity contribution in [1.82, 2.24) is 0 Å². The van der Waals surface area contributed by atoms with Crippen molar-refractivity contribution in [2.24, 2.45) is 0 Å². The summed E-state index contributed by atoms with van der Waals surface area (Å²) in [5.41, 5.74) is 1.81. The highest BCUT2D eigenvalue weighted by Crippen LogP contribution is 2.16. The van der Waals surface area contributed by atoms with Gasteiger partial charge in [-0.15, -0.1) is 0 Å². The van der Waals surface area contributed by atoms with Crippen LogP contribution in [0.4, 0.5) is 5.69 Å². The van der Waals surface area contributed by atoms with Gasteiger partial charge in [0.1, 0.15) is 0 Å². The quantitative estimate of drug-likeness (QED) is 0.845. The van der Waals surface area contributed by atoms with Crippen LogP contribution >= 0.6 is 15.9 Å². The normalized spacial score (nSPS) is 10.3. The van der Waals surface area contributed by atoms with Gasteiger partial charge in [0.2, 0.25) is 5.91 Å². The Kier molecular flexibility index (Phi) is 3.71. The summed E-state index contributed by atoms with van der Waals surface area (Å²) >= 11 is 3.19. The molecule has 0 bridgehead atoms. The third kappa shape index (κ3) is 3.03. The highest BCUT2D eigenvalue weighted by atomic mass is 79.9. The first kappa shape index (κ1) is 9.99. The van der Waals surface area contributed by atoms with E-state index in [1.54, 1.807) is 4.99 Å². The molecule has 0 aliphatic carbocycles. The molecule has 1 rings (SSSR count). The Balaban J connectivity index is 2.97. The van der Waals surface area contributed by atoms with E-state index in [4.69, 9.17) is 0 Å². The van der Waals surface area contributed by atoms with E-state index in [-0.39, 0.29) is 5.91 Å². The van der Waals surface area contributed by atoms with Gasteiger partial charge in [0, 0.05) is 12.6 Å². The highest BCUT2D eigenvalue weighted by Gasteiger charge is 1.98. The van der Waals surface area contributed by atoms with Gasteiger partial charge in [-0.2, -0.15) is 0 Å². The Bertz CT molecular complexity index is 333. The van der Waals surface area contributed by atoms with E-state index in [0.717, 1.165) is 11.3 Å². The predicted molar refractivity (Wildman–Crippen MR) is 58.7 cm³/mol. The van der Waals surface area contributed by atoms with Crippen LogP contribution in [-0.2, 0) is 4.79 Å². The number of hydrogen-bond donors (Lipinski definition) is 1. The van der Waals surface area contributed by atoms with Gasteiger partial charge in [-0.1, -0.05) is 34.1 Å². The monoisotopic (exact) mass is 239 g/mol. The van der Waals surface area contributed by atoms with Gasteiger partial charge in [0.05, 0.1) is 0 Å². The summed E-state index contributed by atoms with van der Waals surface area (Å²) in [5.74, 6) is -0.0598. The Labute approximate surface area is 85.8 Å². The van der Waals surface area contributed by atoms with Crippen LogP contribution in [0.2, 0.25) is 0 Å². The molecule has 1 aromatic carbocycles. The molecular weight excluding hydrogens is 230 g/mol. The highest BCUT2D eigenvalue weighted by molar-refractivity contribution is 9.11. The zero-order valence-corrected chi connectivity index (χ0v) is 8.84. The molecule has 0 unspecified atom stereocenters. The number of benzene rings is 1. The summed E-state index contributed by atoms with van der Waals surface area (Å²) in [6.07, 6.45) is 1.88. The summed E-state index contributed by atoms with van der Waals surface area (Å²) < 4.78 is 0. The maximum absolute atomic E-state index is 10.8. The molecule has 0 saturated carbocycles. The Morgan fingerprint density at radius 3 is 2.77 bits per heavy atom. The lowest BCUT2D eigenvalue weighted by atomic mass is 10.2. The van der Waals surface area contributed by atoms with Crippen LogP contribution in [-0.4, -0.2) is 5.91 Å². The fraction of sp³-hybridized carbons (Fsp3) is 0.100. The van der Waals surface area contributed by atoms with Crippen LogP contribution in [0.5, 0.6) is 0 Å². The van der Waals surface area contributed by atoms with Crippen molar-refractivity contribution in [3.05, 3.63) is 34.8 Å². The maximum atomic E-state index is 10.8. The molecule has 0 saturated heterocycles. The third-order valence-electron chi connectivity index (χ3n) is 1.51. The number of amides is 1. The topological polar surface area (TPSA) is 29.1 Å². The molecule has 0 heterocycles. The molecule has 1 amide bonds. The van der Waals surface area contributed by atoms with Crippen LogP contribution in [0.1, 0.15) is 12.5 Å². The van der Waals surface area contributed by atoms with Gasteiger partial charge in [0.15, 0.2) is 0 Å². The van der Waals surface area contributed by atoms with Crippen LogP contribution in [0.15, 0.2) is 29.3 Å². The van der Waals surface area contributed by atoms with Gasteiger partial charge >= 0.3 is 0 Å². The molecule has 0 aliphatic heterocycles. The second-order valence-electron chi connectivity index (χ2n) is 2.56. The molecule has 0 aromatic heterocycles. The number of nitrogens with one attached hydrogen (secondary N) is 1. The smallest absolute Gasteiger partial charge is 0.221 e. The lowest BCUT2D eigenvalue weighted by molar-refractivity contribution is -0.114. The zero-order chi connectivity index (χ0) is 9.68. The molecule has 0 radical (unpaired) electrons. The SMILES string of the molecule is CC(=O)Nc1ccccc1/C=C\Br. The lowest BCUT2D eigenvalue weighted by Gasteiger charge is -2.04. The van der Waals surface area contributed by atoms with Crippen molar-refractivity contribution in [2.75, 3.05) is 5.32 Å². The van der Waals surface area contributed by atoms with Crippen molar-refractivity contribution in [2.45, 2.75) is 6.92 Å². The number of para-hydroxylation sites is 1. The molecule has 1 aromatic rings. The van der Waals surface area contributed by atoms with Gasteiger partial charge in [-0.3, -0.25) is 4.79 Å². The molecule has 3 heteroatoms. The largest absolute Gasteiger partial charge is 0.326 e. The fourth-order valence-corrected chi connectivity index (χ4v) is 1.30. The van der Waals surface area contributed by atoms with Crippen molar-refractivity contribution < 1.29 is 4.79 Å². The minimum atomic E-state index is -0.0598. The predicted octanol–water partition coefficient (Wildman–Crippen LogP) is 3.01. The summed E-state index contributed by atoms with van der Waals surface area (Å²) in [4.78, 5) is 12.6. The number of hydrogen-bond acceptors (Lipinski definition) is 1. The molecule has 0 aliphatic rings. The van der Waals surface area contributed by atoms with Gasteiger partial charge in [-0.05, 0) is 22.7 Å². The van der Waals surface area contributed by atoms with Crippen LogP contribution in [0.25, 0.3) is 6.08 Å². The lowest BCUT2D eigenvalue weighted by Crippen LogP contribution is -2.06. The number of carbonyl (C=O) groups is 1. The Morgan fingerprint density at radius 1 is 1.46 bits per heavy atom. The Morgan fingerprint density at radius 2 is 2.15 bits per heavy atom. The molecule has 0 spiro atoms. The molecular formula is C10H10BrNO. The minimum Gasteiger partial charge on any atom is -0.326 e. The average molecular weight is 240 g/mol. The molecule has 2 nitrogen and oxygen atoms in total. The molecule has 68 valence electrons. The first-order chi connectivity index (χ1) is 6.24. The van der Waals surface area contributed by atoms with Crippen molar-refractivity contribution in [3.63, 3.8) is 0 Å². The molecule has 0 atom stereocenters. The van der Waals surface area contributed by atoms with Gasteiger partial charge in [-0.25, -0.2) is 0 Å². The third-order valence-corrected chi connectivity index (χ3v) is 1.78. The maximum Gasteiger partial charge on any atom is 0.221 e. The summed E-state index contributed by atoms with van der Waals surface area (Å²) in [7, 11) is 0. The molecule has 0 fully saturated rings. The van der Waals surface area contributed by atoms with Crippen molar-refractivity contribution in [3.8, 4) is 0 Å². The van der Waals surface area contributed by atoms with Gasteiger partial charge in [0.25, 0.3) is 0 Å². The van der Waals surface area contributed by atoms with E-state index in [9.17, 15) is 4.79 Å². The standard InChI is InChI=1S/C10H10BrNO/c1-8(13)12-10-5-3-2-4-9(10)6-7-11/h2-7H,1H3,(H,12,13)/b7-6-. The average Bonchev–Trinajstić information content (AvgIpc) is 2.08. The van der Waals surface area contributed by atoms with Crippen LogP contribution in [0, 0.1) is 0 Å². The van der Waals surface area contributed by atoms with Gasteiger partial charge < -0.3 is 5.32 Å². The number of anilines is 1.